The van der Waals surface area contributed by atoms with Crippen molar-refractivity contribution in [3.8, 4) is 0 Å². The molecule has 0 aromatic carbocycles. The van der Waals surface area contributed by atoms with Crippen LogP contribution in [0, 0.1) is 0 Å². The Morgan fingerprint density at radius 2 is 2.09 bits per heavy atom. The largest absolute Gasteiger partial charge is 0.346 e. The summed E-state index contributed by atoms with van der Waals surface area (Å²) in [6.07, 6.45) is 10.4. The zero-order valence-electron chi connectivity index (χ0n) is 13.6. The average Bonchev–Trinajstić information content (AvgIpc) is 2.88. The number of aromatic amines is 1. The van der Waals surface area contributed by atoms with Gasteiger partial charge in [-0.05, 0) is 32.0 Å². The summed E-state index contributed by atoms with van der Waals surface area (Å²) >= 11 is 0. The van der Waals surface area contributed by atoms with Gasteiger partial charge in [0.25, 0.3) is 0 Å². The first-order valence-corrected chi connectivity index (χ1v) is 8.64. The quantitative estimate of drug-likeness (QED) is 0.833. The van der Waals surface area contributed by atoms with E-state index in [1.165, 1.54) is 45.2 Å². The SMILES string of the molecule is CCCCCCN1CCCN(c2ncc3cc[nH]c3n2)CC1. The number of aromatic nitrogens is 3. The molecule has 0 amide bonds. The van der Waals surface area contributed by atoms with Crippen molar-refractivity contribution in [3.05, 3.63) is 18.5 Å². The van der Waals surface area contributed by atoms with Gasteiger partial charge in [-0.15, -0.1) is 0 Å². The number of fused-ring (bicyclic) bond motifs is 1. The van der Waals surface area contributed by atoms with Gasteiger partial charge >= 0.3 is 0 Å². The minimum Gasteiger partial charge on any atom is -0.346 e. The first-order valence-electron chi connectivity index (χ1n) is 8.64. The number of hydrogen-bond acceptors (Lipinski definition) is 4. The van der Waals surface area contributed by atoms with Crippen LogP contribution in [-0.2, 0) is 0 Å². The number of H-pyrrole nitrogens is 1. The molecule has 1 fully saturated rings. The van der Waals surface area contributed by atoms with Crippen LogP contribution in [0.3, 0.4) is 0 Å². The number of anilines is 1. The first kappa shape index (κ1) is 15.3. The van der Waals surface area contributed by atoms with Crippen molar-refractivity contribution < 1.29 is 0 Å². The molecule has 1 aliphatic heterocycles. The monoisotopic (exact) mass is 301 g/mol. The summed E-state index contributed by atoms with van der Waals surface area (Å²) in [6, 6.07) is 2.01. The van der Waals surface area contributed by atoms with E-state index in [0.29, 0.717) is 0 Å². The van der Waals surface area contributed by atoms with Crippen molar-refractivity contribution in [2.24, 2.45) is 0 Å². The minimum atomic E-state index is 0.864. The van der Waals surface area contributed by atoms with Crippen LogP contribution in [-0.4, -0.2) is 52.6 Å². The summed E-state index contributed by atoms with van der Waals surface area (Å²) < 4.78 is 0. The van der Waals surface area contributed by atoms with Crippen LogP contribution in [0.2, 0.25) is 0 Å². The highest BCUT2D eigenvalue weighted by Crippen LogP contribution is 2.15. The van der Waals surface area contributed by atoms with Gasteiger partial charge in [-0.3, -0.25) is 0 Å². The molecule has 0 saturated carbocycles. The highest BCUT2D eigenvalue weighted by Gasteiger charge is 2.17. The second-order valence-corrected chi connectivity index (χ2v) is 6.19. The van der Waals surface area contributed by atoms with E-state index in [1.807, 2.05) is 18.5 Å². The molecule has 0 aliphatic carbocycles. The number of nitrogens with one attached hydrogen (secondary N) is 1. The van der Waals surface area contributed by atoms with E-state index in [-0.39, 0.29) is 0 Å². The standard InChI is InChI=1S/C17H27N5/c1-2-3-4-5-9-21-10-6-11-22(13-12-21)17-19-14-15-7-8-18-16(15)20-17/h7-8,14H,2-6,9-13H2,1H3,(H,18,19,20). The van der Waals surface area contributed by atoms with Crippen LogP contribution in [0.15, 0.2) is 18.5 Å². The van der Waals surface area contributed by atoms with Crippen molar-refractivity contribution in [1.29, 1.82) is 0 Å². The minimum absolute atomic E-state index is 0.864. The summed E-state index contributed by atoms with van der Waals surface area (Å²) in [5.74, 6) is 0.864. The van der Waals surface area contributed by atoms with E-state index in [4.69, 9.17) is 0 Å². The highest BCUT2D eigenvalue weighted by molar-refractivity contribution is 5.75. The molecule has 5 heteroatoms. The third-order valence-electron chi connectivity index (χ3n) is 4.49. The smallest absolute Gasteiger partial charge is 0.227 e. The van der Waals surface area contributed by atoms with E-state index >= 15 is 0 Å². The summed E-state index contributed by atoms with van der Waals surface area (Å²) in [4.78, 5) is 17.3. The van der Waals surface area contributed by atoms with Gasteiger partial charge in [0.2, 0.25) is 5.95 Å². The maximum atomic E-state index is 4.65. The Morgan fingerprint density at radius 3 is 3.00 bits per heavy atom. The summed E-state index contributed by atoms with van der Waals surface area (Å²) in [7, 11) is 0. The number of hydrogen-bond donors (Lipinski definition) is 1. The summed E-state index contributed by atoms with van der Waals surface area (Å²) in [6.45, 7) is 7.92. The van der Waals surface area contributed by atoms with Gasteiger partial charge in [0.1, 0.15) is 5.65 Å². The van der Waals surface area contributed by atoms with Crippen molar-refractivity contribution in [2.75, 3.05) is 37.6 Å². The predicted octanol–water partition coefficient (Wildman–Crippen LogP) is 3.05. The van der Waals surface area contributed by atoms with Crippen LogP contribution in [0.4, 0.5) is 5.95 Å². The second kappa shape index (κ2) is 7.58. The Bertz CT molecular complexity index is 579. The normalized spacial score (nSPS) is 17.0. The van der Waals surface area contributed by atoms with Gasteiger partial charge in [0, 0.05) is 37.4 Å². The lowest BCUT2D eigenvalue weighted by Gasteiger charge is -2.21. The fourth-order valence-electron chi connectivity index (χ4n) is 3.14. The highest BCUT2D eigenvalue weighted by atomic mass is 15.3. The molecule has 2 aromatic heterocycles. The lowest BCUT2D eigenvalue weighted by atomic mass is 10.2. The number of unbranched alkanes of at least 4 members (excludes halogenated alkanes) is 3. The number of nitrogens with zero attached hydrogens (tertiary/aromatic N) is 4. The summed E-state index contributed by atoms with van der Waals surface area (Å²) in [5, 5.41) is 1.08. The zero-order valence-corrected chi connectivity index (χ0v) is 13.6. The third kappa shape index (κ3) is 3.77. The van der Waals surface area contributed by atoms with Crippen LogP contribution < -0.4 is 4.90 Å². The van der Waals surface area contributed by atoms with Gasteiger partial charge in [0.15, 0.2) is 0 Å². The molecule has 0 atom stereocenters. The molecule has 3 heterocycles. The van der Waals surface area contributed by atoms with Crippen LogP contribution in [0.25, 0.3) is 11.0 Å². The zero-order chi connectivity index (χ0) is 15.2. The Hall–Kier alpha value is -1.62. The fourth-order valence-corrected chi connectivity index (χ4v) is 3.14. The molecule has 0 unspecified atom stereocenters. The fraction of sp³-hybridized carbons (Fsp3) is 0.647. The predicted molar refractivity (Wildman–Crippen MR) is 91.3 cm³/mol. The molecule has 120 valence electrons. The molecule has 5 nitrogen and oxygen atoms in total. The van der Waals surface area contributed by atoms with Crippen LogP contribution in [0.5, 0.6) is 0 Å². The van der Waals surface area contributed by atoms with E-state index < -0.39 is 0 Å². The Labute approximate surface area is 132 Å². The second-order valence-electron chi connectivity index (χ2n) is 6.19. The van der Waals surface area contributed by atoms with Crippen LogP contribution >= 0.6 is 0 Å². The molecular weight excluding hydrogens is 274 g/mol. The van der Waals surface area contributed by atoms with Gasteiger partial charge in [-0.2, -0.15) is 4.98 Å². The van der Waals surface area contributed by atoms with E-state index in [0.717, 1.165) is 36.6 Å². The van der Waals surface area contributed by atoms with Crippen molar-refractivity contribution >= 4 is 17.0 Å². The van der Waals surface area contributed by atoms with E-state index in [9.17, 15) is 0 Å². The Balaban J connectivity index is 1.55. The molecule has 2 aromatic rings. The Kier molecular flexibility index (Phi) is 5.27. The molecule has 1 aliphatic rings. The first-order chi connectivity index (χ1) is 10.9. The molecule has 0 spiro atoms. The van der Waals surface area contributed by atoms with Gasteiger partial charge < -0.3 is 14.8 Å². The van der Waals surface area contributed by atoms with Crippen molar-refractivity contribution in [3.63, 3.8) is 0 Å². The lowest BCUT2D eigenvalue weighted by Crippen LogP contribution is -2.32. The molecule has 22 heavy (non-hydrogen) atoms. The van der Waals surface area contributed by atoms with Gasteiger partial charge in [-0.25, -0.2) is 4.98 Å². The third-order valence-corrected chi connectivity index (χ3v) is 4.49. The molecule has 1 saturated heterocycles. The average molecular weight is 301 g/mol. The van der Waals surface area contributed by atoms with Gasteiger partial charge in [0.05, 0.1) is 0 Å². The summed E-state index contributed by atoms with van der Waals surface area (Å²) in [5.41, 5.74) is 0.936. The molecular formula is C17H27N5. The van der Waals surface area contributed by atoms with Gasteiger partial charge in [-0.1, -0.05) is 26.2 Å². The lowest BCUT2D eigenvalue weighted by molar-refractivity contribution is 0.286. The molecule has 0 radical (unpaired) electrons. The van der Waals surface area contributed by atoms with E-state index in [1.54, 1.807) is 0 Å². The maximum Gasteiger partial charge on any atom is 0.227 e. The van der Waals surface area contributed by atoms with E-state index in [2.05, 4.69) is 31.7 Å². The number of rotatable bonds is 6. The Morgan fingerprint density at radius 1 is 1.14 bits per heavy atom. The topological polar surface area (TPSA) is 48.0 Å². The van der Waals surface area contributed by atoms with Crippen molar-refractivity contribution in [1.82, 2.24) is 19.9 Å². The maximum absolute atomic E-state index is 4.65. The molecule has 3 rings (SSSR count). The van der Waals surface area contributed by atoms with Crippen LogP contribution in [0.1, 0.15) is 39.0 Å². The molecule has 1 N–H and O–H groups in total. The molecule has 0 bridgehead atoms. The van der Waals surface area contributed by atoms with Crippen molar-refractivity contribution in [2.45, 2.75) is 39.0 Å².